The summed E-state index contributed by atoms with van der Waals surface area (Å²) in [6, 6.07) is 13.1. The Labute approximate surface area is 214 Å². The average Bonchev–Trinajstić information content (AvgIpc) is 3.19. The predicted molar refractivity (Wildman–Crippen MR) is 140 cm³/mol. The third-order valence-electron chi connectivity index (χ3n) is 5.81. The molecule has 1 N–H and O–H groups in total. The number of carboxylic acid groups (broad SMARTS) is 1. The summed E-state index contributed by atoms with van der Waals surface area (Å²) >= 11 is 1.27. The molecule has 9 nitrogen and oxygen atoms in total. The van der Waals surface area contributed by atoms with Gasteiger partial charge in [-0.1, -0.05) is 12.1 Å². The first-order chi connectivity index (χ1) is 17.4. The van der Waals surface area contributed by atoms with Crippen molar-refractivity contribution < 1.29 is 28.9 Å². The zero-order valence-corrected chi connectivity index (χ0v) is 21.3. The molecule has 2 aromatic rings. The molecule has 1 atom stereocenters. The topological polar surface area (TPSA) is 101 Å². The van der Waals surface area contributed by atoms with E-state index in [9.17, 15) is 14.7 Å². The molecule has 190 valence electrons. The van der Waals surface area contributed by atoms with Crippen molar-refractivity contribution in [1.82, 2.24) is 4.90 Å². The van der Waals surface area contributed by atoms with Gasteiger partial charge in [0.1, 0.15) is 0 Å². The van der Waals surface area contributed by atoms with Gasteiger partial charge >= 0.3 is 5.97 Å². The highest BCUT2D eigenvalue weighted by Crippen LogP contribution is 2.38. The molecule has 2 heterocycles. The molecule has 0 bridgehead atoms. The third kappa shape index (κ3) is 5.66. The summed E-state index contributed by atoms with van der Waals surface area (Å²) in [6.07, 6.45) is 0.599. The SMILES string of the molecule is CCN1C(=O)/C(=C/c2cccc(OC)c2O[C@@H](C)C(=O)O)SC1=Nc1ccc(N2CCOCC2)cc1. The minimum Gasteiger partial charge on any atom is -0.493 e. The molecule has 0 saturated carbocycles. The lowest BCUT2D eigenvalue weighted by atomic mass is 10.1. The maximum absolute atomic E-state index is 13.2. The molecule has 2 aliphatic rings. The number of carbonyl (C=O) groups is 2. The molecule has 1 amide bonds. The molecule has 0 unspecified atom stereocenters. The fraction of sp³-hybridized carbons (Fsp3) is 0.346. The molecule has 2 aliphatic heterocycles. The molecular weight excluding hydrogens is 482 g/mol. The quantitative estimate of drug-likeness (QED) is 0.531. The number of amides is 1. The first kappa shape index (κ1) is 25.6. The van der Waals surface area contributed by atoms with Gasteiger partial charge in [0.15, 0.2) is 22.8 Å². The number of amidine groups is 1. The monoisotopic (exact) mass is 511 g/mol. The number of anilines is 1. The Kier molecular flexibility index (Phi) is 8.17. The minimum atomic E-state index is -1.10. The molecule has 2 fully saturated rings. The summed E-state index contributed by atoms with van der Waals surface area (Å²) in [5.41, 5.74) is 2.42. The number of carbonyl (C=O) groups excluding carboxylic acids is 1. The highest BCUT2D eigenvalue weighted by atomic mass is 32.2. The number of methoxy groups -OCH3 is 1. The van der Waals surface area contributed by atoms with Gasteiger partial charge in [-0.2, -0.15) is 0 Å². The Morgan fingerprint density at radius 2 is 1.94 bits per heavy atom. The lowest BCUT2D eigenvalue weighted by molar-refractivity contribution is -0.144. The number of likely N-dealkylation sites (N-methyl/N-ethyl adjacent to an activating group) is 1. The van der Waals surface area contributed by atoms with Crippen molar-refractivity contribution in [1.29, 1.82) is 0 Å². The maximum atomic E-state index is 13.2. The zero-order valence-electron chi connectivity index (χ0n) is 20.5. The van der Waals surface area contributed by atoms with Gasteiger partial charge in [0.2, 0.25) is 0 Å². The van der Waals surface area contributed by atoms with Crippen LogP contribution in [0.5, 0.6) is 11.5 Å². The second kappa shape index (κ2) is 11.5. The van der Waals surface area contributed by atoms with Crippen LogP contribution in [-0.2, 0) is 14.3 Å². The van der Waals surface area contributed by atoms with Crippen molar-refractivity contribution >= 4 is 46.3 Å². The van der Waals surface area contributed by atoms with E-state index in [1.165, 1.54) is 25.8 Å². The van der Waals surface area contributed by atoms with Crippen LogP contribution < -0.4 is 14.4 Å². The van der Waals surface area contributed by atoms with Crippen LogP contribution in [0.2, 0.25) is 0 Å². The van der Waals surface area contributed by atoms with E-state index in [1.807, 2.05) is 31.2 Å². The third-order valence-corrected chi connectivity index (χ3v) is 6.82. The Morgan fingerprint density at radius 3 is 2.58 bits per heavy atom. The van der Waals surface area contributed by atoms with E-state index >= 15 is 0 Å². The molecule has 2 saturated heterocycles. The van der Waals surface area contributed by atoms with Crippen LogP contribution in [0.3, 0.4) is 0 Å². The minimum absolute atomic E-state index is 0.175. The molecule has 10 heteroatoms. The number of hydrogen-bond acceptors (Lipinski definition) is 8. The number of nitrogens with zero attached hydrogens (tertiary/aromatic N) is 3. The van der Waals surface area contributed by atoms with Crippen molar-refractivity contribution in [2.75, 3.05) is 44.9 Å². The largest absolute Gasteiger partial charge is 0.493 e. The molecule has 0 radical (unpaired) electrons. The van der Waals surface area contributed by atoms with Crippen molar-refractivity contribution in [2.24, 2.45) is 4.99 Å². The van der Waals surface area contributed by atoms with Gasteiger partial charge in [-0.3, -0.25) is 9.69 Å². The second-order valence-electron chi connectivity index (χ2n) is 8.15. The fourth-order valence-electron chi connectivity index (χ4n) is 3.84. The number of rotatable bonds is 8. The van der Waals surface area contributed by atoms with Gasteiger partial charge < -0.3 is 24.2 Å². The fourth-order valence-corrected chi connectivity index (χ4v) is 4.90. The van der Waals surface area contributed by atoms with Crippen LogP contribution in [0, 0.1) is 0 Å². The predicted octanol–water partition coefficient (Wildman–Crippen LogP) is 4.01. The maximum Gasteiger partial charge on any atom is 0.344 e. The first-order valence-electron chi connectivity index (χ1n) is 11.7. The standard InChI is InChI=1S/C26H29N3O6S/c1-4-29-24(30)22(16-18-6-5-7-21(33-3)23(18)35-17(2)25(31)32)36-26(29)27-19-8-10-20(11-9-19)28-12-14-34-15-13-28/h5-11,16-17H,4,12-15H2,1-3H3,(H,31,32)/b22-16-,27-26?/t17-/m0/s1. The van der Waals surface area contributed by atoms with Gasteiger partial charge in [-0.05, 0) is 62.0 Å². The van der Waals surface area contributed by atoms with Crippen molar-refractivity contribution in [3.05, 3.63) is 52.9 Å². The van der Waals surface area contributed by atoms with Gasteiger partial charge in [0, 0.05) is 30.9 Å². The van der Waals surface area contributed by atoms with E-state index in [-0.39, 0.29) is 11.7 Å². The van der Waals surface area contributed by atoms with Gasteiger partial charge in [0.25, 0.3) is 5.91 Å². The summed E-state index contributed by atoms with van der Waals surface area (Å²) in [6.45, 7) is 6.96. The highest BCUT2D eigenvalue weighted by molar-refractivity contribution is 8.18. The molecule has 0 spiro atoms. The highest BCUT2D eigenvalue weighted by Gasteiger charge is 2.33. The van der Waals surface area contributed by atoms with Crippen LogP contribution in [0.15, 0.2) is 52.4 Å². The number of aliphatic imine (C=N–C) groups is 1. The summed E-state index contributed by atoms with van der Waals surface area (Å²) < 4.78 is 16.5. The zero-order chi connectivity index (χ0) is 25.7. The van der Waals surface area contributed by atoms with Crippen LogP contribution in [-0.4, -0.2) is 73.1 Å². The van der Waals surface area contributed by atoms with Crippen LogP contribution >= 0.6 is 11.8 Å². The van der Waals surface area contributed by atoms with Gasteiger partial charge in [-0.25, -0.2) is 9.79 Å². The number of benzene rings is 2. The van der Waals surface area contributed by atoms with E-state index < -0.39 is 12.1 Å². The number of ether oxygens (including phenoxy) is 3. The first-order valence-corrected chi connectivity index (χ1v) is 12.5. The van der Waals surface area contributed by atoms with Crippen molar-refractivity contribution in [2.45, 2.75) is 20.0 Å². The summed E-state index contributed by atoms with van der Waals surface area (Å²) in [4.78, 5) is 33.6. The summed E-state index contributed by atoms with van der Waals surface area (Å²) in [5.74, 6) is -0.624. The number of hydrogen-bond donors (Lipinski definition) is 1. The summed E-state index contributed by atoms with van der Waals surface area (Å²) in [7, 11) is 1.48. The Hall–Kier alpha value is -3.50. The molecule has 36 heavy (non-hydrogen) atoms. The smallest absolute Gasteiger partial charge is 0.344 e. The second-order valence-corrected chi connectivity index (χ2v) is 9.16. The van der Waals surface area contributed by atoms with Crippen molar-refractivity contribution in [3.63, 3.8) is 0 Å². The number of carboxylic acids is 1. The molecule has 0 aliphatic carbocycles. The Balaban J connectivity index is 1.60. The number of aliphatic carboxylic acids is 1. The number of para-hydroxylation sites is 1. The molecular formula is C26H29N3O6S. The van der Waals surface area contributed by atoms with Crippen molar-refractivity contribution in [3.8, 4) is 11.5 Å². The van der Waals surface area contributed by atoms with E-state index in [0.717, 1.165) is 37.7 Å². The van der Waals surface area contributed by atoms with E-state index in [0.29, 0.717) is 27.9 Å². The van der Waals surface area contributed by atoms with Gasteiger partial charge in [0.05, 0.1) is 30.9 Å². The van der Waals surface area contributed by atoms with Crippen LogP contribution in [0.4, 0.5) is 11.4 Å². The molecule has 2 aromatic carbocycles. The van der Waals surface area contributed by atoms with Crippen LogP contribution in [0.1, 0.15) is 19.4 Å². The normalized spacial score (nSPS) is 19.1. The average molecular weight is 512 g/mol. The van der Waals surface area contributed by atoms with E-state index in [1.54, 1.807) is 29.2 Å². The van der Waals surface area contributed by atoms with E-state index in [4.69, 9.17) is 19.2 Å². The van der Waals surface area contributed by atoms with E-state index in [2.05, 4.69) is 4.90 Å². The molecule has 0 aromatic heterocycles. The molecule has 4 rings (SSSR count). The lowest BCUT2D eigenvalue weighted by Crippen LogP contribution is -2.36. The lowest BCUT2D eigenvalue weighted by Gasteiger charge is -2.28. The summed E-state index contributed by atoms with van der Waals surface area (Å²) in [5, 5.41) is 9.87. The van der Waals surface area contributed by atoms with Gasteiger partial charge in [-0.15, -0.1) is 0 Å². The van der Waals surface area contributed by atoms with Crippen LogP contribution in [0.25, 0.3) is 6.08 Å². The number of morpholine rings is 1. The number of thioether (sulfide) groups is 1. The Bertz CT molecular complexity index is 1170. The Morgan fingerprint density at radius 1 is 1.22 bits per heavy atom.